The van der Waals surface area contributed by atoms with Gasteiger partial charge in [0.15, 0.2) is 5.82 Å². The first-order valence-corrected chi connectivity index (χ1v) is 5.71. The lowest BCUT2D eigenvalue weighted by atomic mass is 10.4. The lowest BCUT2D eigenvalue weighted by molar-refractivity contribution is -0.113. The van der Waals surface area contributed by atoms with Crippen molar-refractivity contribution in [3.8, 4) is 0 Å². The van der Waals surface area contributed by atoms with E-state index in [0.29, 0.717) is 11.6 Å². The summed E-state index contributed by atoms with van der Waals surface area (Å²) in [5, 5.41) is 6.22. The van der Waals surface area contributed by atoms with E-state index in [1.165, 1.54) is 18.0 Å². The average molecular weight is 234 g/mol. The van der Waals surface area contributed by atoms with Gasteiger partial charge in [0, 0.05) is 11.0 Å². The van der Waals surface area contributed by atoms with E-state index in [1.807, 2.05) is 30.3 Å². The number of hydrogen-bond acceptors (Lipinski definition) is 4. The van der Waals surface area contributed by atoms with Crippen molar-refractivity contribution in [2.45, 2.75) is 4.90 Å². The Hall–Kier alpha value is -1.75. The van der Waals surface area contributed by atoms with Gasteiger partial charge in [0.2, 0.25) is 5.91 Å². The summed E-state index contributed by atoms with van der Waals surface area (Å²) in [7, 11) is 0. The quantitative estimate of drug-likeness (QED) is 0.825. The molecule has 16 heavy (non-hydrogen) atoms. The Morgan fingerprint density at radius 2 is 2.12 bits per heavy atom. The van der Waals surface area contributed by atoms with Crippen LogP contribution in [-0.2, 0) is 4.79 Å². The minimum atomic E-state index is -0.0947. The number of nitrogens with one attached hydrogen (secondary N) is 1. The van der Waals surface area contributed by atoms with Crippen molar-refractivity contribution in [2.75, 3.05) is 11.1 Å². The Labute approximate surface area is 97.0 Å². The SMILES string of the molecule is O=C(CSc1ccccc1)Nc1ccon1. The topological polar surface area (TPSA) is 55.1 Å². The smallest absolute Gasteiger partial charge is 0.235 e. The first-order valence-electron chi connectivity index (χ1n) is 4.73. The van der Waals surface area contributed by atoms with Gasteiger partial charge in [-0.25, -0.2) is 0 Å². The lowest BCUT2D eigenvalue weighted by Crippen LogP contribution is -2.14. The van der Waals surface area contributed by atoms with Crippen molar-refractivity contribution in [2.24, 2.45) is 0 Å². The number of benzene rings is 1. The van der Waals surface area contributed by atoms with Gasteiger partial charge in [0.05, 0.1) is 5.75 Å². The Morgan fingerprint density at radius 1 is 1.31 bits per heavy atom. The second-order valence-corrected chi connectivity index (χ2v) is 4.08. The maximum atomic E-state index is 11.5. The van der Waals surface area contributed by atoms with Crippen LogP contribution in [-0.4, -0.2) is 16.8 Å². The summed E-state index contributed by atoms with van der Waals surface area (Å²) in [6.45, 7) is 0. The van der Waals surface area contributed by atoms with Gasteiger partial charge < -0.3 is 9.84 Å². The van der Waals surface area contributed by atoms with E-state index in [2.05, 4.69) is 15.0 Å². The van der Waals surface area contributed by atoms with E-state index in [-0.39, 0.29) is 5.91 Å². The third kappa shape index (κ3) is 3.13. The van der Waals surface area contributed by atoms with Gasteiger partial charge in [0.1, 0.15) is 6.26 Å². The van der Waals surface area contributed by atoms with Crippen LogP contribution in [0.5, 0.6) is 0 Å². The van der Waals surface area contributed by atoms with Crippen molar-refractivity contribution >= 4 is 23.5 Å². The van der Waals surface area contributed by atoms with Crippen LogP contribution in [0.4, 0.5) is 5.82 Å². The molecular formula is C11H10N2O2S. The molecule has 0 bridgehead atoms. The molecule has 0 fully saturated rings. The molecule has 1 N–H and O–H groups in total. The van der Waals surface area contributed by atoms with E-state index in [1.54, 1.807) is 6.07 Å². The van der Waals surface area contributed by atoms with Gasteiger partial charge >= 0.3 is 0 Å². The number of hydrogen-bond donors (Lipinski definition) is 1. The highest BCUT2D eigenvalue weighted by atomic mass is 32.2. The zero-order chi connectivity index (χ0) is 11.2. The van der Waals surface area contributed by atoms with E-state index in [9.17, 15) is 4.79 Å². The highest BCUT2D eigenvalue weighted by Gasteiger charge is 2.04. The van der Waals surface area contributed by atoms with Crippen LogP contribution in [0.25, 0.3) is 0 Å². The molecule has 0 radical (unpaired) electrons. The summed E-state index contributed by atoms with van der Waals surface area (Å²) in [5.74, 6) is 0.707. The van der Waals surface area contributed by atoms with E-state index in [0.717, 1.165) is 4.90 Å². The molecule has 0 atom stereocenters. The molecule has 1 heterocycles. The molecule has 0 aliphatic rings. The summed E-state index contributed by atoms with van der Waals surface area (Å²) >= 11 is 1.48. The summed E-state index contributed by atoms with van der Waals surface area (Å²) in [6, 6.07) is 11.4. The van der Waals surface area contributed by atoms with Crippen LogP contribution in [0.2, 0.25) is 0 Å². The van der Waals surface area contributed by atoms with Crippen LogP contribution >= 0.6 is 11.8 Å². The first kappa shape index (κ1) is 10.8. The number of thioether (sulfide) groups is 1. The summed E-state index contributed by atoms with van der Waals surface area (Å²) in [4.78, 5) is 12.5. The Morgan fingerprint density at radius 3 is 2.81 bits per heavy atom. The van der Waals surface area contributed by atoms with Crippen molar-refractivity contribution < 1.29 is 9.32 Å². The van der Waals surface area contributed by atoms with Crippen molar-refractivity contribution in [1.82, 2.24) is 5.16 Å². The summed E-state index contributed by atoms with van der Waals surface area (Å²) in [5.41, 5.74) is 0. The van der Waals surface area contributed by atoms with E-state index >= 15 is 0 Å². The number of rotatable bonds is 4. The molecule has 5 heteroatoms. The largest absolute Gasteiger partial charge is 0.363 e. The summed E-state index contributed by atoms with van der Waals surface area (Å²) < 4.78 is 4.61. The Bertz CT molecular complexity index is 442. The van der Waals surface area contributed by atoms with Crippen LogP contribution in [0.15, 0.2) is 52.1 Å². The van der Waals surface area contributed by atoms with E-state index < -0.39 is 0 Å². The molecule has 1 aromatic heterocycles. The molecule has 1 aromatic carbocycles. The molecule has 0 unspecified atom stereocenters. The number of nitrogens with zero attached hydrogens (tertiary/aromatic N) is 1. The predicted octanol–water partition coefficient (Wildman–Crippen LogP) is 2.41. The maximum Gasteiger partial charge on any atom is 0.235 e. The molecule has 1 amide bonds. The number of aromatic nitrogens is 1. The second-order valence-electron chi connectivity index (χ2n) is 3.03. The van der Waals surface area contributed by atoms with Gasteiger partial charge in [-0.3, -0.25) is 4.79 Å². The van der Waals surface area contributed by atoms with Crippen LogP contribution < -0.4 is 5.32 Å². The molecule has 4 nitrogen and oxygen atoms in total. The highest BCUT2D eigenvalue weighted by molar-refractivity contribution is 8.00. The predicted molar refractivity (Wildman–Crippen MR) is 62.3 cm³/mol. The molecule has 2 aromatic rings. The fourth-order valence-electron chi connectivity index (χ4n) is 1.12. The molecule has 0 aliphatic heterocycles. The second kappa shape index (κ2) is 5.37. The van der Waals surface area contributed by atoms with Crippen LogP contribution in [0.3, 0.4) is 0 Å². The molecule has 0 aliphatic carbocycles. The maximum absolute atomic E-state index is 11.5. The zero-order valence-electron chi connectivity index (χ0n) is 8.42. The van der Waals surface area contributed by atoms with Crippen molar-refractivity contribution in [1.29, 1.82) is 0 Å². The van der Waals surface area contributed by atoms with Crippen molar-refractivity contribution in [3.05, 3.63) is 42.7 Å². The van der Waals surface area contributed by atoms with Gasteiger partial charge in [-0.15, -0.1) is 11.8 Å². The number of carbonyl (C=O) groups excluding carboxylic acids is 1. The fraction of sp³-hybridized carbons (Fsp3) is 0.0909. The molecule has 82 valence electrons. The van der Waals surface area contributed by atoms with Gasteiger partial charge in [0.25, 0.3) is 0 Å². The number of anilines is 1. The molecule has 0 saturated heterocycles. The number of amides is 1. The normalized spacial score (nSPS) is 10.0. The standard InChI is InChI=1S/C11H10N2O2S/c14-11(12-10-6-7-15-13-10)8-16-9-4-2-1-3-5-9/h1-7H,8H2,(H,12,13,14). The van der Waals surface area contributed by atoms with Crippen molar-refractivity contribution in [3.63, 3.8) is 0 Å². The minimum Gasteiger partial charge on any atom is -0.363 e. The monoisotopic (exact) mass is 234 g/mol. The third-order valence-corrected chi connectivity index (χ3v) is 2.83. The Kier molecular flexibility index (Phi) is 3.61. The summed E-state index contributed by atoms with van der Waals surface area (Å²) in [6.07, 6.45) is 1.42. The first-order chi connectivity index (χ1) is 7.84. The molecular weight excluding hydrogens is 224 g/mol. The van der Waals surface area contributed by atoms with E-state index in [4.69, 9.17) is 0 Å². The average Bonchev–Trinajstić information content (AvgIpc) is 2.81. The Balaban J connectivity index is 1.80. The zero-order valence-corrected chi connectivity index (χ0v) is 9.24. The molecule has 0 saturated carbocycles. The van der Waals surface area contributed by atoms with Gasteiger partial charge in [-0.05, 0) is 12.1 Å². The number of carbonyl (C=O) groups is 1. The lowest BCUT2D eigenvalue weighted by Gasteiger charge is -2.01. The van der Waals surface area contributed by atoms with Gasteiger partial charge in [-0.2, -0.15) is 0 Å². The van der Waals surface area contributed by atoms with Gasteiger partial charge in [-0.1, -0.05) is 23.4 Å². The highest BCUT2D eigenvalue weighted by Crippen LogP contribution is 2.16. The third-order valence-electron chi connectivity index (χ3n) is 1.82. The van der Waals surface area contributed by atoms with Crippen LogP contribution in [0.1, 0.15) is 0 Å². The minimum absolute atomic E-state index is 0.0947. The van der Waals surface area contributed by atoms with Crippen LogP contribution in [0, 0.1) is 0 Å². The molecule has 0 spiro atoms. The molecule has 2 rings (SSSR count). The fourth-order valence-corrected chi connectivity index (χ4v) is 1.84.